The molecule has 0 bridgehead atoms. The van der Waals surface area contributed by atoms with Crippen molar-refractivity contribution in [1.82, 2.24) is 20.1 Å². The summed E-state index contributed by atoms with van der Waals surface area (Å²) in [6.45, 7) is 1.88. The topological polar surface area (TPSA) is 61.9 Å². The molecule has 0 aromatic carbocycles. The van der Waals surface area contributed by atoms with Gasteiger partial charge in [0, 0.05) is 12.1 Å². The molecule has 23 heavy (non-hydrogen) atoms. The van der Waals surface area contributed by atoms with E-state index in [1.807, 2.05) is 6.92 Å². The lowest BCUT2D eigenvalue weighted by molar-refractivity contribution is -0.135. The van der Waals surface area contributed by atoms with E-state index < -0.39 is 0 Å². The van der Waals surface area contributed by atoms with Gasteiger partial charge in [0.1, 0.15) is 5.82 Å². The highest BCUT2D eigenvalue weighted by Gasteiger charge is 2.32. The lowest BCUT2D eigenvalue weighted by Gasteiger charge is -2.41. The normalized spacial score (nSPS) is 20.6. The van der Waals surface area contributed by atoms with Gasteiger partial charge in [-0.3, -0.25) is 9.89 Å². The molecule has 2 fully saturated rings. The highest BCUT2D eigenvalue weighted by molar-refractivity contribution is 7.99. The van der Waals surface area contributed by atoms with E-state index >= 15 is 0 Å². The minimum Gasteiger partial charge on any atom is -0.336 e. The van der Waals surface area contributed by atoms with Crippen molar-refractivity contribution in [2.45, 2.75) is 88.4 Å². The molecule has 1 aromatic rings. The highest BCUT2D eigenvalue weighted by Crippen LogP contribution is 2.31. The lowest BCUT2D eigenvalue weighted by atomic mass is 9.88. The van der Waals surface area contributed by atoms with Crippen molar-refractivity contribution < 1.29 is 4.79 Å². The number of rotatable bonds is 5. The van der Waals surface area contributed by atoms with Crippen LogP contribution in [-0.2, 0) is 4.79 Å². The first kappa shape index (κ1) is 16.8. The summed E-state index contributed by atoms with van der Waals surface area (Å²) in [5, 5.41) is 7.65. The van der Waals surface area contributed by atoms with Gasteiger partial charge in [-0.1, -0.05) is 50.3 Å². The highest BCUT2D eigenvalue weighted by atomic mass is 32.2. The minimum absolute atomic E-state index is 0.288. The predicted octanol–water partition coefficient (Wildman–Crippen LogP) is 3.70. The number of amides is 1. The van der Waals surface area contributed by atoms with Crippen molar-refractivity contribution in [2.75, 3.05) is 5.75 Å². The van der Waals surface area contributed by atoms with Crippen LogP contribution in [0.4, 0.5) is 0 Å². The first-order valence-electron chi connectivity index (χ1n) is 9.07. The summed E-state index contributed by atoms with van der Waals surface area (Å²) in [5.41, 5.74) is 0. The van der Waals surface area contributed by atoms with Crippen LogP contribution in [0.5, 0.6) is 0 Å². The Hall–Kier alpha value is -1.04. The molecule has 6 heteroatoms. The molecule has 5 nitrogen and oxygen atoms in total. The molecule has 0 spiro atoms. The first-order chi connectivity index (χ1) is 11.2. The van der Waals surface area contributed by atoms with Crippen molar-refractivity contribution in [3.05, 3.63) is 5.82 Å². The first-order valence-corrected chi connectivity index (χ1v) is 10.1. The lowest BCUT2D eigenvalue weighted by Crippen LogP contribution is -2.49. The van der Waals surface area contributed by atoms with Crippen LogP contribution >= 0.6 is 11.8 Å². The van der Waals surface area contributed by atoms with Crippen LogP contribution in [0.2, 0.25) is 0 Å². The smallest absolute Gasteiger partial charge is 0.233 e. The fourth-order valence-electron chi connectivity index (χ4n) is 4.01. The van der Waals surface area contributed by atoms with Crippen LogP contribution in [0.1, 0.15) is 70.0 Å². The number of carbonyl (C=O) groups is 1. The number of aromatic amines is 1. The Morgan fingerprint density at radius 2 is 1.65 bits per heavy atom. The van der Waals surface area contributed by atoms with Crippen LogP contribution in [0.25, 0.3) is 0 Å². The molecule has 0 radical (unpaired) electrons. The second-order valence-electron chi connectivity index (χ2n) is 6.88. The van der Waals surface area contributed by atoms with E-state index in [2.05, 4.69) is 20.1 Å². The maximum absolute atomic E-state index is 13.0. The van der Waals surface area contributed by atoms with E-state index in [0.29, 0.717) is 23.0 Å². The summed E-state index contributed by atoms with van der Waals surface area (Å²) in [7, 11) is 0. The van der Waals surface area contributed by atoms with E-state index in [4.69, 9.17) is 0 Å². The molecule has 1 amide bonds. The Labute approximate surface area is 143 Å². The summed E-state index contributed by atoms with van der Waals surface area (Å²) in [5.74, 6) is 1.55. The molecule has 0 saturated heterocycles. The van der Waals surface area contributed by atoms with Gasteiger partial charge in [-0.15, -0.1) is 5.10 Å². The van der Waals surface area contributed by atoms with Gasteiger partial charge >= 0.3 is 0 Å². The fourth-order valence-corrected chi connectivity index (χ4v) is 4.72. The number of nitrogens with one attached hydrogen (secondary N) is 1. The zero-order chi connectivity index (χ0) is 16.1. The Kier molecular flexibility index (Phi) is 5.97. The van der Waals surface area contributed by atoms with Crippen molar-refractivity contribution in [3.8, 4) is 0 Å². The van der Waals surface area contributed by atoms with Gasteiger partial charge in [-0.2, -0.15) is 0 Å². The van der Waals surface area contributed by atoms with Gasteiger partial charge in [-0.25, -0.2) is 4.98 Å². The van der Waals surface area contributed by atoms with Crippen LogP contribution in [0.15, 0.2) is 5.16 Å². The minimum atomic E-state index is 0.288. The Balaban J connectivity index is 1.64. The number of H-pyrrole nitrogens is 1. The second-order valence-corrected chi connectivity index (χ2v) is 7.82. The predicted molar refractivity (Wildman–Crippen MR) is 92.4 cm³/mol. The largest absolute Gasteiger partial charge is 0.336 e. The standard InChI is InChI=1S/C17H28N4OS/c1-13-18-17(20-19-13)23-12-16(22)21(14-8-4-2-5-9-14)15-10-6-3-7-11-15/h14-15H,2-12H2,1H3,(H,18,19,20). The Morgan fingerprint density at radius 3 is 2.13 bits per heavy atom. The van der Waals surface area contributed by atoms with Crippen molar-refractivity contribution >= 4 is 17.7 Å². The molecule has 1 N–H and O–H groups in total. The third-order valence-electron chi connectivity index (χ3n) is 5.13. The fraction of sp³-hybridized carbons (Fsp3) is 0.824. The van der Waals surface area contributed by atoms with Gasteiger partial charge in [-0.05, 0) is 32.6 Å². The molecule has 0 unspecified atom stereocenters. The third kappa shape index (κ3) is 4.49. The zero-order valence-corrected chi connectivity index (χ0v) is 14.9. The maximum Gasteiger partial charge on any atom is 0.233 e. The third-order valence-corrected chi connectivity index (χ3v) is 5.96. The molecule has 2 saturated carbocycles. The van der Waals surface area contributed by atoms with E-state index in [0.717, 1.165) is 5.82 Å². The number of nitrogens with zero attached hydrogens (tertiary/aromatic N) is 3. The number of thioether (sulfide) groups is 1. The van der Waals surface area contributed by atoms with Gasteiger partial charge in [0.05, 0.1) is 5.75 Å². The second kappa shape index (κ2) is 8.18. The van der Waals surface area contributed by atoms with Crippen LogP contribution in [0.3, 0.4) is 0 Å². The van der Waals surface area contributed by atoms with Crippen LogP contribution in [0, 0.1) is 6.92 Å². The van der Waals surface area contributed by atoms with Gasteiger partial charge in [0.2, 0.25) is 11.1 Å². The number of hydrogen-bond donors (Lipinski definition) is 1. The molecule has 2 aliphatic rings. The average molecular weight is 337 g/mol. The summed E-state index contributed by atoms with van der Waals surface area (Å²) in [4.78, 5) is 19.5. The summed E-state index contributed by atoms with van der Waals surface area (Å²) in [6.07, 6.45) is 12.5. The van der Waals surface area contributed by atoms with Gasteiger partial charge in [0.15, 0.2) is 0 Å². The molecule has 0 aliphatic heterocycles. The molecule has 2 aliphatic carbocycles. The van der Waals surface area contributed by atoms with E-state index in [1.165, 1.54) is 76.0 Å². The van der Waals surface area contributed by atoms with Crippen molar-refractivity contribution in [1.29, 1.82) is 0 Å². The molecule has 128 valence electrons. The number of aryl methyl sites for hydroxylation is 1. The average Bonchev–Trinajstić information content (AvgIpc) is 3.01. The molecule has 3 rings (SSSR count). The monoisotopic (exact) mass is 336 g/mol. The number of aromatic nitrogens is 3. The maximum atomic E-state index is 13.0. The van der Waals surface area contributed by atoms with E-state index in [1.54, 1.807) is 0 Å². The summed E-state index contributed by atoms with van der Waals surface area (Å²) >= 11 is 1.46. The van der Waals surface area contributed by atoms with Gasteiger partial charge in [0.25, 0.3) is 0 Å². The van der Waals surface area contributed by atoms with Crippen molar-refractivity contribution in [2.24, 2.45) is 0 Å². The quantitative estimate of drug-likeness (QED) is 0.833. The number of carbonyl (C=O) groups excluding carboxylic acids is 1. The molecule has 1 aromatic heterocycles. The molecule has 1 heterocycles. The molecular weight excluding hydrogens is 308 g/mol. The summed E-state index contributed by atoms with van der Waals surface area (Å²) in [6, 6.07) is 0.933. The Morgan fingerprint density at radius 1 is 1.09 bits per heavy atom. The van der Waals surface area contributed by atoms with Crippen LogP contribution in [-0.4, -0.2) is 43.8 Å². The summed E-state index contributed by atoms with van der Waals surface area (Å²) < 4.78 is 0. The number of hydrogen-bond acceptors (Lipinski definition) is 4. The van der Waals surface area contributed by atoms with E-state index in [-0.39, 0.29) is 5.91 Å². The molecule has 0 atom stereocenters. The zero-order valence-electron chi connectivity index (χ0n) is 14.1. The Bertz CT molecular complexity index is 488. The molecular formula is C17H28N4OS. The van der Waals surface area contributed by atoms with E-state index in [9.17, 15) is 4.79 Å². The van der Waals surface area contributed by atoms with Crippen LogP contribution < -0.4 is 0 Å². The van der Waals surface area contributed by atoms with Gasteiger partial charge < -0.3 is 4.90 Å². The van der Waals surface area contributed by atoms with Crippen molar-refractivity contribution in [3.63, 3.8) is 0 Å². The SMILES string of the molecule is Cc1nc(SCC(=O)N(C2CCCCC2)C2CCCCC2)n[nH]1.